The number of hydrogen-bond acceptors (Lipinski definition) is 6. The van der Waals surface area contributed by atoms with Crippen LogP contribution in [0.25, 0.3) is 0 Å². The number of rotatable bonds is 3. The molecule has 1 aliphatic carbocycles. The van der Waals surface area contributed by atoms with E-state index in [2.05, 4.69) is 21.4 Å². The molecule has 2 aromatic rings. The number of amidine groups is 2. The van der Waals surface area contributed by atoms with Crippen molar-refractivity contribution >= 4 is 29.0 Å². The first-order valence-electron chi connectivity index (χ1n) is 8.66. The topological polar surface area (TPSA) is 71.8 Å². The molecule has 0 aromatic carbocycles. The van der Waals surface area contributed by atoms with Crippen molar-refractivity contribution in [3.63, 3.8) is 0 Å². The van der Waals surface area contributed by atoms with Gasteiger partial charge in [0, 0.05) is 34.8 Å². The number of pyridine rings is 2. The molecular formula is C20H18ClN5O. The highest BCUT2D eigenvalue weighted by Crippen LogP contribution is 2.30. The summed E-state index contributed by atoms with van der Waals surface area (Å²) in [5.74, 6) is 1.76. The lowest BCUT2D eigenvalue weighted by molar-refractivity contribution is 0.397. The normalized spacial score (nSPS) is 19.0. The maximum absolute atomic E-state index is 6.55. The smallest absolute Gasteiger partial charge is 0.213 e. The number of anilines is 1. The zero-order chi connectivity index (χ0) is 18.6. The number of hydrogen-bond donors (Lipinski definition) is 1. The maximum atomic E-state index is 6.55. The lowest BCUT2D eigenvalue weighted by Crippen LogP contribution is -2.30. The first-order valence-corrected chi connectivity index (χ1v) is 9.04. The van der Waals surface area contributed by atoms with Gasteiger partial charge in [0.1, 0.15) is 11.5 Å². The van der Waals surface area contributed by atoms with Crippen LogP contribution in [0.3, 0.4) is 0 Å². The van der Waals surface area contributed by atoms with E-state index in [1.54, 1.807) is 25.6 Å². The molecule has 0 amide bonds. The number of aromatic nitrogens is 2. The number of nitrogens with one attached hydrogen (secondary N) is 1. The van der Waals surface area contributed by atoms with Crippen molar-refractivity contribution in [1.82, 2.24) is 9.97 Å². The van der Waals surface area contributed by atoms with Gasteiger partial charge in [0.15, 0.2) is 5.84 Å². The lowest BCUT2D eigenvalue weighted by Gasteiger charge is -2.24. The summed E-state index contributed by atoms with van der Waals surface area (Å²) >= 11 is 6.55. The van der Waals surface area contributed by atoms with Crippen molar-refractivity contribution in [2.45, 2.75) is 18.9 Å². The number of halogens is 1. The standard InChI is InChI=1S/C20H18ClN5O/c1-27-17-8-4-7-16(24-17)19-25-15-6-3-2-5-14(21)18(15)20(26-19)23-13-9-11-22-12-10-13/h2,4-5,7-12,15H,3,6H2,1H3,(H,22,23,25,26). The van der Waals surface area contributed by atoms with Gasteiger partial charge in [-0.15, -0.1) is 0 Å². The first-order chi connectivity index (χ1) is 13.2. The minimum absolute atomic E-state index is 0.0858. The molecule has 7 heteroatoms. The van der Waals surface area contributed by atoms with E-state index in [4.69, 9.17) is 26.3 Å². The third-order valence-corrected chi connectivity index (χ3v) is 4.65. The molecule has 1 N–H and O–H groups in total. The van der Waals surface area contributed by atoms with Gasteiger partial charge in [-0.05, 0) is 37.1 Å². The number of allylic oxidation sites excluding steroid dienone is 3. The fourth-order valence-electron chi connectivity index (χ4n) is 3.02. The van der Waals surface area contributed by atoms with Crippen LogP contribution >= 0.6 is 11.6 Å². The van der Waals surface area contributed by atoms with E-state index in [9.17, 15) is 0 Å². The van der Waals surface area contributed by atoms with Crippen LogP contribution in [0.4, 0.5) is 5.69 Å². The molecule has 3 heterocycles. The van der Waals surface area contributed by atoms with E-state index in [1.807, 2.05) is 30.3 Å². The fourth-order valence-corrected chi connectivity index (χ4v) is 3.33. The van der Waals surface area contributed by atoms with Gasteiger partial charge in [-0.1, -0.05) is 23.7 Å². The predicted octanol–water partition coefficient (Wildman–Crippen LogP) is 3.97. The largest absolute Gasteiger partial charge is 0.481 e. The molecule has 1 atom stereocenters. The van der Waals surface area contributed by atoms with Crippen LogP contribution in [0.2, 0.25) is 0 Å². The van der Waals surface area contributed by atoms with E-state index >= 15 is 0 Å². The molecule has 0 saturated heterocycles. The van der Waals surface area contributed by atoms with Crippen LogP contribution in [-0.4, -0.2) is 34.8 Å². The minimum Gasteiger partial charge on any atom is -0.481 e. The summed E-state index contributed by atoms with van der Waals surface area (Å²) < 4.78 is 5.23. The van der Waals surface area contributed by atoms with Gasteiger partial charge in [-0.2, -0.15) is 0 Å². The molecule has 0 saturated carbocycles. The molecule has 2 aromatic heterocycles. The second-order valence-electron chi connectivity index (χ2n) is 6.10. The van der Waals surface area contributed by atoms with Crippen LogP contribution in [0.5, 0.6) is 5.88 Å². The molecule has 0 radical (unpaired) electrons. The van der Waals surface area contributed by atoms with Crippen LogP contribution in [0.1, 0.15) is 18.5 Å². The van der Waals surface area contributed by atoms with Crippen LogP contribution in [0.15, 0.2) is 75.5 Å². The molecular weight excluding hydrogens is 362 g/mol. The Labute approximate surface area is 162 Å². The average Bonchev–Trinajstić information content (AvgIpc) is 2.90. The van der Waals surface area contributed by atoms with Crippen molar-refractivity contribution in [1.29, 1.82) is 0 Å². The fraction of sp³-hybridized carbons (Fsp3) is 0.200. The zero-order valence-corrected chi connectivity index (χ0v) is 15.5. The number of aliphatic imine (C=N–C) groups is 2. The Bertz CT molecular complexity index is 965. The van der Waals surface area contributed by atoms with Crippen LogP contribution in [-0.2, 0) is 0 Å². The van der Waals surface area contributed by atoms with Crippen molar-refractivity contribution in [3.05, 3.63) is 71.2 Å². The molecule has 0 bridgehead atoms. The Morgan fingerprint density at radius 3 is 2.85 bits per heavy atom. The highest BCUT2D eigenvalue weighted by atomic mass is 35.5. The monoisotopic (exact) mass is 379 g/mol. The minimum atomic E-state index is -0.0858. The maximum Gasteiger partial charge on any atom is 0.213 e. The molecule has 4 rings (SSSR count). The van der Waals surface area contributed by atoms with E-state index in [1.165, 1.54) is 0 Å². The van der Waals surface area contributed by atoms with Crippen LogP contribution in [0, 0.1) is 0 Å². The number of ether oxygens (including phenoxy) is 1. The quantitative estimate of drug-likeness (QED) is 0.875. The molecule has 1 unspecified atom stereocenters. The van der Waals surface area contributed by atoms with E-state index in [0.717, 1.165) is 24.1 Å². The number of methoxy groups -OCH3 is 1. The van der Waals surface area contributed by atoms with Gasteiger partial charge in [0.2, 0.25) is 5.88 Å². The Hall–Kier alpha value is -2.99. The number of nitrogens with zero attached hydrogens (tertiary/aromatic N) is 4. The molecule has 0 spiro atoms. The summed E-state index contributed by atoms with van der Waals surface area (Å²) in [4.78, 5) is 18.1. The Kier molecular flexibility index (Phi) is 4.98. The molecule has 6 nitrogen and oxygen atoms in total. The van der Waals surface area contributed by atoms with Crippen molar-refractivity contribution < 1.29 is 4.74 Å². The summed E-state index contributed by atoms with van der Waals surface area (Å²) in [6, 6.07) is 9.23. The summed E-state index contributed by atoms with van der Waals surface area (Å²) in [7, 11) is 1.59. The average molecular weight is 380 g/mol. The first kappa shape index (κ1) is 17.4. The summed E-state index contributed by atoms with van der Waals surface area (Å²) in [5, 5.41) is 4.01. The van der Waals surface area contributed by atoms with Gasteiger partial charge in [-0.25, -0.2) is 9.98 Å². The van der Waals surface area contributed by atoms with Gasteiger partial charge in [0.05, 0.1) is 13.2 Å². The predicted molar refractivity (Wildman–Crippen MR) is 108 cm³/mol. The summed E-state index contributed by atoms with van der Waals surface area (Å²) in [6.07, 6.45) is 9.19. The second-order valence-corrected chi connectivity index (χ2v) is 6.50. The Morgan fingerprint density at radius 1 is 1.19 bits per heavy atom. The van der Waals surface area contributed by atoms with Crippen molar-refractivity contribution in [2.75, 3.05) is 12.4 Å². The zero-order valence-electron chi connectivity index (χ0n) is 14.8. The van der Waals surface area contributed by atoms with E-state index in [-0.39, 0.29) is 6.04 Å². The third-order valence-electron chi connectivity index (χ3n) is 4.32. The molecule has 27 heavy (non-hydrogen) atoms. The van der Waals surface area contributed by atoms with Gasteiger partial charge < -0.3 is 10.1 Å². The summed E-state index contributed by atoms with van der Waals surface area (Å²) in [5.41, 5.74) is 2.44. The van der Waals surface area contributed by atoms with Gasteiger partial charge in [-0.3, -0.25) is 9.98 Å². The van der Waals surface area contributed by atoms with Crippen molar-refractivity contribution in [2.24, 2.45) is 9.98 Å². The van der Waals surface area contributed by atoms with Crippen molar-refractivity contribution in [3.8, 4) is 5.88 Å². The van der Waals surface area contributed by atoms with Crippen LogP contribution < -0.4 is 10.1 Å². The molecule has 0 fully saturated rings. The van der Waals surface area contributed by atoms with Gasteiger partial charge in [0.25, 0.3) is 0 Å². The summed E-state index contributed by atoms with van der Waals surface area (Å²) in [6.45, 7) is 0. The SMILES string of the molecule is COc1cccc(C2=NC3CCC=CC(Cl)=C3C(Nc3ccncc3)=N2)n1. The second kappa shape index (κ2) is 7.72. The molecule has 2 aliphatic rings. The highest BCUT2D eigenvalue weighted by molar-refractivity contribution is 6.35. The third kappa shape index (κ3) is 3.75. The Balaban J connectivity index is 1.79. The Morgan fingerprint density at radius 2 is 2.04 bits per heavy atom. The highest BCUT2D eigenvalue weighted by Gasteiger charge is 2.28. The molecule has 1 aliphatic heterocycles. The van der Waals surface area contributed by atoms with E-state index < -0.39 is 0 Å². The van der Waals surface area contributed by atoms with Gasteiger partial charge >= 0.3 is 0 Å². The lowest BCUT2D eigenvalue weighted by atomic mass is 10.0. The van der Waals surface area contributed by atoms with E-state index in [0.29, 0.717) is 28.3 Å². The number of fused-ring (bicyclic) bond motifs is 1. The molecule has 136 valence electrons.